The third-order valence-corrected chi connectivity index (χ3v) is 6.16. The van der Waals surface area contributed by atoms with E-state index in [0.717, 1.165) is 23.2 Å². The van der Waals surface area contributed by atoms with Crippen molar-refractivity contribution in [3.8, 4) is 5.75 Å². The van der Waals surface area contributed by atoms with Gasteiger partial charge < -0.3 is 9.64 Å². The van der Waals surface area contributed by atoms with E-state index >= 15 is 0 Å². The van der Waals surface area contributed by atoms with Gasteiger partial charge in [-0.05, 0) is 76.2 Å². The second-order valence-electron chi connectivity index (χ2n) is 6.61. The number of nitrogens with zero attached hydrogens (tertiary/aromatic N) is 3. The number of hydrogen-bond acceptors (Lipinski definition) is 6. The average molecular weight is 494 g/mol. The number of carbonyl (C=O) groups excluding carboxylic acids is 1. The summed E-state index contributed by atoms with van der Waals surface area (Å²) in [4.78, 5) is 14.7. The van der Waals surface area contributed by atoms with Gasteiger partial charge >= 0.3 is 5.97 Å². The molecule has 0 radical (unpaired) electrons. The minimum Gasteiger partial charge on any atom is -0.426 e. The summed E-state index contributed by atoms with van der Waals surface area (Å²) in [5.41, 5.74) is 1.43. The van der Waals surface area contributed by atoms with Crippen molar-refractivity contribution in [2.75, 3.05) is 13.1 Å². The van der Waals surface area contributed by atoms with Gasteiger partial charge in [0.2, 0.25) is 0 Å². The number of thiocarbonyl (C=S) groups is 1. The molecule has 29 heavy (non-hydrogen) atoms. The van der Waals surface area contributed by atoms with Crippen LogP contribution in [0.1, 0.15) is 27.7 Å². The van der Waals surface area contributed by atoms with Gasteiger partial charge in [0, 0.05) is 17.6 Å². The van der Waals surface area contributed by atoms with Gasteiger partial charge in [-0.25, -0.2) is 0 Å². The lowest BCUT2D eigenvalue weighted by Crippen LogP contribution is -2.37. The Hall–Kier alpha value is -1.77. The predicted molar refractivity (Wildman–Crippen MR) is 128 cm³/mol. The number of ether oxygens (including phenoxy) is 1. The van der Waals surface area contributed by atoms with E-state index < -0.39 is 4.75 Å². The molecular formula is C21H24BrN3O2S2. The number of esters is 1. The second-order valence-corrected chi connectivity index (χ2v) is 9.78. The summed E-state index contributed by atoms with van der Waals surface area (Å²) in [5.74, 6) is 0.112. The highest BCUT2D eigenvalue weighted by Crippen LogP contribution is 2.30. The van der Waals surface area contributed by atoms with E-state index in [2.05, 4.69) is 26.2 Å². The van der Waals surface area contributed by atoms with Crippen molar-refractivity contribution in [3.63, 3.8) is 0 Å². The van der Waals surface area contributed by atoms with Crippen LogP contribution in [0, 0.1) is 0 Å². The summed E-state index contributed by atoms with van der Waals surface area (Å²) in [6.07, 6.45) is 0. The Balaban J connectivity index is 1.98. The molecule has 2 aromatic carbocycles. The molecule has 0 aliphatic rings. The van der Waals surface area contributed by atoms with Crippen LogP contribution in [0.15, 0.2) is 63.2 Å². The highest BCUT2D eigenvalue weighted by molar-refractivity contribution is 9.10. The molecule has 8 heteroatoms. The maximum Gasteiger partial charge on any atom is 0.327 e. The molecule has 154 valence electrons. The van der Waals surface area contributed by atoms with Crippen molar-refractivity contribution < 1.29 is 9.53 Å². The van der Waals surface area contributed by atoms with Crippen molar-refractivity contribution in [3.05, 3.63) is 53.0 Å². The Morgan fingerprint density at radius 3 is 2.00 bits per heavy atom. The molecule has 0 heterocycles. The normalized spacial score (nSPS) is 11.5. The molecule has 2 rings (SSSR count). The molecule has 0 N–H and O–H groups in total. The minimum absolute atomic E-state index is 0.346. The predicted octanol–water partition coefficient (Wildman–Crippen LogP) is 6.91. The largest absolute Gasteiger partial charge is 0.426 e. The average Bonchev–Trinajstić information content (AvgIpc) is 2.69. The van der Waals surface area contributed by atoms with E-state index in [-0.39, 0.29) is 5.97 Å². The standard InChI is InChI=1S/C21H24BrN3O2S2/c1-5-25(6-2)20(28)29-21(3,4)19(26)27-18-13-11-17(12-14-18)24-23-16-9-7-15(22)8-10-16/h7-14H,5-6H2,1-4H3. The van der Waals surface area contributed by atoms with Crippen LogP contribution in [-0.4, -0.2) is 33.0 Å². The monoisotopic (exact) mass is 493 g/mol. The molecule has 2 aromatic rings. The zero-order valence-corrected chi connectivity index (χ0v) is 20.1. The van der Waals surface area contributed by atoms with Crippen molar-refractivity contribution in [2.24, 2.45) is 10.2 Å². The summed E-state index contributed by atoms with van der Waals surface area (Å²) in [5, 5.41) is 8.38. The molecule has 0 aliphatic carbocycles. The van der Waals surface area contributed by atoms with Gasteiger partial charge in [-0.1, -0.05) is 39.9 Å². The molecule has 0 aromatic heterocycles. The Morgan fingerprint density at radius 2 is 1.52 bits per heavy atom. The van der Waals surface area contributed by atoms with E-state index in [9.17, 15) is 4.79 Å². The Kier molecular flexibility index (Phi) is 8.79. The van der Waals surface area contributed by atoms with Crippen molar-refractivity contribution in [2.45, 2.75) is 32.4 Å². The van der Waals surface area contributed by atoms with Crippen LogP contribution in [-0.2, 0) is 4.79 Å². The number of halogens is 1. The van der Waals surface area contributed by atoms with Crippen LogP contribution < -0.4 is 4.74 Å². The van der Waals surface area contributed by atoms with Crippen molar-refractivity contribution in [1.29, 1.82) is 0 Å². The third kappa shape index (κ3) is 7.21. The maximum absolute atomic E-state index is 12.6. The first-order valence-electron chi connectivity index (χ1n) is 9.22. The first-order chi connectivity index (χ1) is 13.7. The van der Waals surface area contributed by atoms with E-state index in [1.165, 1.54) is 11.8 Å². The number of rotatable bonds is 7. The number of hydrogen-bond donors (Lipinski definition) is 0. The molecule has 0 saturated carbocycles. The summed E-state index contributed by atoms with van der Waals surface area (Å²) in [6.45, 7) is 9.33. The number of benzene rings is 2. The van der Waals surface area contributed by atoms with Gasteiger partial charge in [0.15, 0.2) is 0 Å². The van der Waals surface area contributed by atoms with Crippen molar-refractivity contribution in [1.82, 2.24) is 4.90 Å². The first-order valence-corrected chi connectivity index (χ1v) is 11.2. The summed E-state index contributed by atoms with van der Waals surface area (Å²) < 4.78 is 6.43. The Morgan fingerprint density at radius 1 is 1.03 bits per heavy atom. The van der Waals surface area contributed by atoms with Crippen LogP contribution >= 0.6 is 39.9 Å². The molecule has 0 unspecified atom stereocenters. The zero-order chi connectivity index (χ0) is 21.4. The third-order valence-electron chi connectivity index (χ3n) is 4.01. The van der Waals surface area contributed by atoms with Gasteiger partial charge in [0.1, 0.15) is 14.8 Å². The van der Waals surface area contributed by atoms with Crippen LogP contribution in [0.25, 0.3) is 0 Å². The molecule has 0 amide bonds. The Bertz CT molecular complexity index is 864. The fourth-order valence-electron chi connectivity index (χ4n) is 2.24. The first kappa shape index (κ1) is 23.5. The van der Waals surface area contributed by atoms with Crippen LogP contribution in [0.2, 0.25) is 0 Å². The quantitative estimate of drug-likeness (QED) is 0.181. The number of carbonyl (C=O) groups is 1. The van der Waals surface area contributed by atoms with Crippen molar-refractivity contribution >= 4 is 61.6 Å². The highest BCUT2D eigenvalue weighted by atomic mass is 79.9. The van der Waals surface area contributed by atoms with E-state index in [1.54, 1.807) is 24.3 Å². The summed E-state index contributed by atoms with van der Waals surface area (Å²) in [7, 11) is 0. The lowest BCUT2D eigenvalue weighted by molar-refractivity contribution is -0.136. The lowest BCUT2D eigenvalue weighted by atomic mass is 10.2. The van der Waals surface area contributed by atoms with E-state index in [1.807, 2.05) is 56.9 Å². The second kappa shape index (κ2) is 10.8. The fraction of sp³-hybridized carbons (Fsp3) is 0.333. The minimum atomic E-state index is -0.792. The maximum atomic E-state index is 12.6. The summed E-state index contributed by atoms with van der Waals surface area (Å²) in [6, 6.07) is 14.5. The summed E-state index contributed by atoms with van der Waals surface area (Å²) >= 11 is 10.2. The van der Waals surface area contributed by atoms with Gasteiger partial charge in [0.25, 0.3) is 0 Å². The molecular weight excluding hydrogens is 470 g/mol. The highest BCUT2D eigenvalue weighted by Gasteiger charge is 2.33. The smallest absolute Gasteiger partial charge is 0.327 e. The molecule has 0 aliphatic heterocycles. The topological polar surface area (TPSA) is 54.3 Å². The van der Waals surface area contributed by atoms with Gasteiger partial charge in [-0.2, -0.15) is 10.2 Å². The SMILES string of the molecule is CCN(CC)C(=S)SC(C)(C)C(=O)Oc1ccc(N=Nc2ccc(Br)cc2)cc1. The van der Waals surface area contributed by atoms with E-state index in [0.29, 0.717) is 15.8 Å². The molecule has 0 saturated heterocycles. The van der Waals surface area contributed by atoms with Gasteiger partial charge in [0.05, 0.1) is 11.4 Å². The van der Waals surface area contributed by atoms with Crippen LogP contribution in [0.5, 0.6) is 5.75 Å². The molecule has 0 atom stereocenters. The van der Waals surface area contributed by atoms with Crippen LogP contribution in [0.3, 0.4) is 0 Å². The lowest BCUT2D eigenvalue weighted by Gasteiger charge is -2.27. The molecule has 0 bridgehead atoms. The molecule has 5 nitrogen and oxygen atoms in total. The number of thioether (sulfide) groups is 1. The molecule has 0 fully saturated rings. The zero-order valence-electron chi connectivity index (χ0n) is 16.9. The number of azo groups is 1. The fourth-order valence-corrected chi connectivity index (χ4v) is 4.34. The van der Waals surface area contributed by atoms with E-state index in [4.69, 9.17) is 17.0 Å². The van der Waals surface area contributed by atoms with Crippen LogP contribution in [0.4, 0.5) is 11.4 Å². The van der Waals surface area contributed by atoms with Gasteiger partial charge in [-0.15, -0.1) is 0 Å². The molecule has 0 spiro atoms. The Labute approximate surface area is 190 Å². The van der Waals surface area contributed by atoms with Gasteiger partial charge in [-0.3, -0.25) is 4.79 Å².